The molecule has 104 valence electrons. The summed E-state index contributed by atoms with van der Waals surface area (Å²) < 4.78 is 1.88. The fraction of sp³-hybridized carbons (Fsp3) is 0. The molecule has 0 atom stereocenters. The van der Waals surface area contributed by atoms with E-state index in [-0.39, 0.29) is 10.6 Å². The molecule has 0 N–H and O–H groups in total. The molecule has 0 amide bonds. The van der Waals surface area contributed by atoms with E-state index >= 15 is 0 Å². The van der Waals surface area contributed by atoms with Gasteiger partial charge >= 0.3 is 0 Å². The van der Waals surface area contributed by atoms with Crippen LogP contribution in [-0.4, -0.2) is 9.91 Å². The van der Waals surface area contributed by atoms with Crippen LogP contribution in [0.15, 0.2) is 64.3 Å². The zero-order chi connectivity index (χ0) is 14.7. The molecule has 0 aliphatic heterocycles. The second kappa shape index (κ2) is 6.07. The third-order valence-electron chi connectivity index (χ3n) is 2.81. The van der Waals surface area contributed by atoms with Crippen molar-refractivity contribution in [2.24, 2.45) is 0 Å². The van der Waals surface area contributed by atoms with Gasteiger partial charge in [-0.25, -0.2) is 4.98 Å². The lowest BCUT2D eigenvalue weighted by atomic mass is 10.2. The van der Waals surface area contributed by atoms with Crippen LogP contribution in [0.2, 0.25) is 0 Å². The molecule has 4 nitrogen and oxygen atoms in total. The molecule has 0 spiro atoms. The lowest BCUT2D eigenvalue weighted by Crippen LogP contribution is -1.96. The second-order valence-corrected chi connectivity index (χ2v) is 6.34. The first-order valence-electron chi connectivity index (χ1n) is 6.16. The number of thioether (sulfide) groups is 1. The van der Waals surface area contributed by atoms with Crippen molar-refractivity contribution in [1.82, 2.24) is 4.98 Å². The molecule has 1 heterocycles. The molecule has 0 saturated carbocycles. The highest BCUT2D eigenvalue weighted by Crippen LogP contribution is 2.32. The fourth-order valence-corrected chi connectivity index (χ4v) is 3.72. The normalized spacial score (nSPS) is 11.7. The van der Waals surface area contributed by atoms with Crippen molar-refractivity contribution >= 4 is 39.0 Å². The molecule has 0 radical (unpaired) electrons. The Bertz CT molecular complexity index is 780. The molecule has 1 aromatic heterocycles. The fourth-order valence-electron chi connectivity index (χ4n) is 1.83. The highest BCUT2D eigenvalue weighted by atomic mass is 32.2. The van der Waals surface area contributed by atoms with E-state index in [0.717, 1.165) is 14.6 Å². The van der Waals surface area contributed by atoms with Crippen molar-refractivity contribution < 1.29 is 4.92 Å². The van der Waals surface area contributed by atoms with Gasteiger partial charge < -0.3 is 0 Å². The standard InChI is InChI=1S/C15H10N2O2S2/c18-17(19)13(11-6-2-1-3-7-11)10-20-15-16-12-8-4-5-9-14(12)21-15/h1-10H/b13-10-. The van der Waals surface area contributed by atoms with Crippen LogP contribution in [0.3, 0.4) is 0 Å². The maximum absolute atomic E-state index is 11.2. The smallest absolute Gasteiger partial charge is 0.258 e. The number of hydrogen-bond acceptors (Lipinski definition) is 5. The van der Waals surface area contributed by atoms with Crippen molar-refractivity contribution in [3.8, 4) is 0 Å². The third-order valence-corrected chi connectivity index (χ3v) is 4.82. The average Bonchev–Trinajstić information content (AvgIpc) is 2.91. The van der Waals surface area contributed by atoms with Crippen LogP contribution >= 0.6 is 23.1 Å². The number of nitrogens with zero attached hydrogens (tertiary/aromatic N) is 2. The van der Waals surface area contributed by atoms with Crippen LogP contribution < -0.4 is 0 Å². The zero-order valence-electron chi connectivity index (χ0n) is 10.8. The van der Waals surface area contributed by atoms with Crippen LogP contribution in [0.25, 0.3) is 15.9 Å². The Labute approximate surface area is 129 Å². The van der Waals surface area contributed by atoms with Gasteiger partial charge in [0, 0.05) is 0 Å². The van der Waals surface area contributed by atoms with Gasteiger partial charge in [0.05, 0.1) is 26.1 Å². The molecule has 2 aromatic carbocycles. The highest BCUT2D eigenvalue weighted by molar-refractivity contribution is 8.04. The van der Waals surface area contributed by atoms with E-state index in [2.05, 4.69) is 4.98 Å². The molecular weight excluding hydrogens is 304 g/mol. The molecule has 0 aliphatic carbocycles. The summed E-state index contributed by atoms with van der Waals surface area (Å²) in [6.45, 7) is 0. The molecule has 0 unspecified atom stereocenters. The third kappa shape index (κ3) is 3.12. The van der Waals surface area contributed by atoms with Gasteiger partial charge in [-0.1, -0.05) is 42.1 Å². The molecule has 0 saturated heterocycles. The van der Waals surface area contributed by atoms with Gasteiger partial charge in [-0.05, 0) is 24.3 Å². The Balaban J connectivity index is 1.90. The van der Waals surface area contributed by atoms with Crippen molar-refractivity contribution in [3.63, 3.8) is 0 Å². The van der Waals surface area contributed by atoms with E-state index in [4.69, 9.17) is 0 Å². The zero-order valence-corrected chi connectivity index (χ0v) is 12.4. The lowest BCUT2D eigenvalue weighted by molar-refractivity contribution is -0.375. The Morgan fingerprint density at radius 3 is 2.57 bits per heavy atom. The summed E-state index contributed by atoms with van der Waals surface area (Å²) in [5, 5.41) is 12.7. The summed E-state index contributed by atoms with van der Waals surface area (Å²) in [6.07, 6.45) is 0. The van der Waals surface area contributed by atoms with E-state index in [9.17, 15) is 10.1 Å². The molecule has 0 bridgehead atoms. The van der Waals surface area contributed by atoms with Gasteiger partial charge in [0.2, 0.25) is 0 Å². The van der Waals surface area contributed by atoms with Crippen LogP contribution in [0.4, 0.5) is 0 Å². The Hall–Kier alpha value is -2.18. The van der Waals surface area contributed by atoms with E-state index in [0.29, 0.717) is 5.56 Å². The monoisotopic (exact) mass is 314 g/mol. The SMILES string of the molecule is O=[N+]([O-])/C(=C\Sc1nc2ccccc2s1)c1ccccc1. The molecule has 6 heteroatoms. The van der Waals surface area contributed by atoms with Crippen LogP contribution in [-0.2, 0) is 0 Å². The van der Waals surface area contributed by atoms with Gasteiger partial charge in [0.15, 0.2) is 4.34 Å². The first kappa shape index (κ1) is 13.8. The largest absolute Gasteiger partial charge is 0.283 e. The van der Waals surface area contributed by atoms with Crippen LogP contribution in [0, 0.1) is 10.1 Å². The Kier molecular flexibility index (Phi) is 3.98. The van der Waals surface area contributed by atoms with Crippen molar-refractivity contribution in [1.29, 1.82) is 0 Å². The minimum absolute atomic E-state index is 0.0832. The number of nitro groups is 1. The van der Waals surface area contributed by atoms with Gasteiger partial charge in [0.1, 0.15) is 0 Å². The number of fused-ring (bicyclic) bond motifs is 1. The van der Waals surface area contributed by atoms with E-state index in [1.807, 2.05) is 30.3 Å². The molecule has 3 aromatic rings. The number of thiazole rings is 1. The number of aromatic nitrogens is 1. The quantitative estimate of drug-likeness (QED) is 0.399. The maximum Gasteiger partial charge on any atom is 0.283 e. The van der Waals surface area contributed by atoms with Crippen LogP contribution in [0.1, 0.15) is 5.56 Å². The number of hydrogen-bond donors (Lipinski definition) is 0. The number of para-hydroxylation sites is 1. The first-order valence-corrected chi connectivity index (χ1v) is 7.86. The molecule has 21 heavy (non-hydrogen) atoms. The Morgan fingerprint density at radius 2 is 1.86 bits per heavy atom. The highest BCUT2D eigenvalue weighted by Gasteiger charge is 2.14. The van der Waals surface area contributed by atoms with E-state index in [1.54, 1.807) is 29.7 Å². The van der Waals surface area contributed by atoms with Gasteiger partial charge in [-0.3, -0.25) is 10.1 Å². The maximum atomic E-state index is 11.2. The molecule has 0 aliphatic rings. The minimum atomic E-state index is -0.365. The minimum Gasteiger partial charge on any atom is -0.258 e. The van der Waals surface area contributed by atoms with Gasteiger partial charge in [-0.2, -0.15) is 0 Å². The predicted octanol–water partition coefficient (Wildman–Crippen LogP) is 4.66. The van der Waals surface area contributed by atoms with Crippen molar-refractivity contribution in [2.45, 2.75) is 4.34 Å². The number of rotatable bonds is 4. The van der Waals surface area contributed by atoms with E-state index in [1.165, 1.54) is 23.1 Å². The second-order valence-electron chi connectivity index (χ2n) is 4.19. The number of benzene rings is 2. The summed E-state index contributed by atoms with van der Waals surface area (Å²) in [5.41, 5.74) is 1.59. The summed E-state index contributed by atoms with van der Waals surface area (Å²) in [4.78, 5) is 15.3. The predicted molar refractivity (Wildman–Crippen MR) is 86.9 cm³/mol. The molecular formula is C15H10N2O2S2. The average molecular weight is 314 g/mol. The van der Waals surface area contributed by atoms with Crippen molar-refractivity contribution in [2.75, 3.05) is 0 Å². The van der Waals surface area contributed by atoms with E-state index < -0.39 is 0 Å². The lowest BCUT2D eigenvalue weighted by Gasteiger charge is -1.97. The van der Waals surface area contributed by atoms with Gasteiger partial charge in [-0.15, -0.1) is 11.3 Å². The van der Waals surface area contributed by atoms with Crippen molar-refractivity contribution in [3.05, 3.63) is 75.7 Å². The molecule has 0 fully saturated rings. The topological polar surface area (TPSA) is 56.0 Å². The summed E-state index contributed by atoms with van der Waals surface area (Å²) >= 11 is 2.81. The Morgan fingerprint density at radius 1 is 1.14 bits per heavy atom. The molecule has 3 rings (SSSR count). The van der Waals surface area contributed by atoms with Crippen LogP contribution in [0.5, 0.6) is 0 Å². The summed E-state index contributed by atoms with van der Waals surface area (Å²) in [6, 6.07) is 16.7. The first-order chi connectivity index (χ1) is 10.2. The summed E-state index contributed by atoms with van der Waals surface area (Å²) in [7, 11) is 0. The summed E-state index contributed by atoms with van der Waals surface area (Å²) in [5.74, 6) is 0. The van der Waals surface area contributed by atoms with Gasteiger partial charge in [0.25, 0.3) is 5.70 Å².